The third-order valence-electron chi connectivity index (χ3n) is 3.27. The first-order valence-electron chi connectivity index (χ1n) is 5.97. The van der Waals surface area contributed by atoms with Crippen LogP contribution >= 0.6 is 0 Å². The summed E-state index contributed by atoms with van der Waals surface area (Å²) < 4.78 is 0. The number of hydrogen-bond donors (Lipinski definition) is 1. The molecule has 2 unspecified atom stereocenters. The molecule has 2 nitrogen and oxygen atoms in total. The Morgan fingerprint density at radius 3 is 2.14 bits per heavy atom. The fourth-order valence-electron chi connectivity index (χ4n) is 2.45. The van der Waals surface area contributed by atoms with E-state index in [0.29, 0.717) is 12.0 Å². The molecule has 1 fully saturated rings. The summed E-state index contributed by atoms with van der Waals surface area (Å²) in [6, 6.07) is 0.340. The fourth-order valence-corrected chi connectivity index (χ4v) is 2.45. The molecule has 2 N–H and O–H groups in total. The Labute approximate surface area is 88.8 Å². The lowest BCUT2D eigenvalue weighted by molar-refractivity contribution is 0.127. The minimum atomic E-state index is 0.340. The zero-order valence-electron chi connectivity index (χ0n) is 10.2. The number of hydrogen-bond acceptors (Lipinski definition) is 2. The Morgan fingerprint density at radius 2 is 1.71 bits per heavy atom. The minimum absolute atomic E-state index is 0.340. The molecule has 3 atom stereocenters. The van der Waals surface area contributed by atoms with E-state index in [0.717, 1.165) is 18.4 Å². The van der Waals surface area contributed by atoms with E-state index < -0.39 is 0 Å². The lowest BCUT2D eigenvalue weighted by Crippen LogP contribution is -2.46. The van der Waals surface area contributed by atoms with Crippen LogP contribution in [0.25, 0.3) is 0 Å². The van der Waals surface area contributed by atoms with E-state index >= 15 is 0 Å². The number of rotatable bonds is 3. The average molecular weight is 198 g/mol. The van der Waals surface area contributed by atoms with Crippen LogP contribution in [0.15, 0.2) is 0 Å². The maximum Gasteiger partial charge on any atom is 0.0191 e. The van der Waals surface area contributed by atoms with Gasteiger partial charge in [-0.3, -0.25) is 0 Å². The third kappa shape index (κ3) is 3.58. The van der Waals surface area contributed by atoms with Crippen molar-refractivity contribution < 1.29 is 0 Å². The fraction of sp³-hybridized carbons (Fsp3) is 1.00. The van der Waals surface area contributed by atoms with Gasteiger partial charge in [0.25, 0.3) is 0 Å². The number of nitrogens with zero attached hydrogens (tertiary/aromatic N) is 1. The van der Waals surface area contributed by atoms with Crippen LogP contribution in [0.2, 0.25) is 0 Å². The normalized spacial score (nSPS) is 32.1. The third-order valence-corrected chi connectivity index (χ3v) is 3.27. The second-order valence-electron chi connectivity index (χ2n) is 5.57. The van der Waals surface area contributed by atoms with Gasteiger partial charge < -0.3 is 10.6 Å². The molecule has 1 saturated heterocycles. The number of nitrogens with two attached hydrogens (primary N) is 1. The van der Waals surface area contributed by atoms with Gasteiger partial charge in [0.05, 0.1) is 0 Å². The maximum absolute atomic E-state index is 6.10. The van der Waals surface area contributed by atoms with E-state index in [4.69, 9.17) is 5.73 Å². The van der Waals surface area contributed by atoms with Crippen molar-refractivity contribution in [3.8, 4) is 0 Å². The summed E-state index contributed by atoms with van der Waals surface area (Å²) in [4.78, 5) is 2.55. The highest BCUT2D eigenvalue weighted by atomic mass is 15.1. The molecule has 0 aromatic rings. The van der Waals surface area contributed by atoms with Crippen LogP contribution in [0.3, 0.4) is 0 Å². The van der Waals surface area contributed by atoms with Crippen LogP contribution in [0.5, 0.6) is 0 Å². The van der Waals surface area contributed by atoms with Crippen molar-refractivity contribution in [1.82, 2.24) is 4.90 Å². The molecule has 0 bridgehead atoms. The largest absolute Gasteiger partial charge is 0.326 e. The molecule has 84 valence electrons. The van der Waals surface area contributed by atoms with Gasteiger partial charge in [-0.25, -0.2) is 0 Å². The molecule has 1 aliphatic rings. The molecule has 1 heterocycles. The molecule has 0 radical (unpaired) electrons. The van der Waals surface area contributed by atoms with Gasteiger partial charge in [0.15, 0.2) is 0 Å². The van der Waals surface area contributed by atoms with Crippen LogP contribution in [0.1, 0.15) is 34.1 Å². The van der Waals surface area contributed by atoms with Gasteiger partial charge in [0.2, 0.25) is 0 Å². The van der Waals surface area contributed by atoms with Crippen molar-refractivity contribution >= 4 is 0 Å². The predicted molar refractivity (Wildman–Crippen MR) is 62.2 cm³/mol. The Hall–Kier alpha value is -0.0800. The van der Waals surface area contributed by atoms with E-state index in [-0.39, 0.29) is 0 Å². The van der Waals surface area contributed by atoms with Gasteiger partial charge in [-0.2, -0.15) is 0 Å². The molecular weight excluding hydrogens is 172 g/mol. The molecule has 1 rings (SSSR count). The molecule has 0 aromatic heterocycles. The first kappa shape index (κ1) is 12.0. The van der Waals surface area contributed by atoms with Crippen molar-refractivity contribution in [2.75, 3.05) is 19.6 Å². The first-order chi connectivity index (χ1) is 6.49. The van der Waals surface area contributed by atoms with Gasteiger partial charge >= 0.3 is 0 Å². The minimum Gasteiger partial charge on any atom is -0.326 e. The summed E-state index contributed by atoms with van der Waals surface area (Å²) >= 11 is 0. The molecule has 2 heteroatoms. The van der Waals surface area contributed by atoms with Gasteiger partial charge in [-0.15, -0.1) is 0 Å². The quantitative estimate of drug-likeness (QED) is 0.751. The molecule has 0 aliphatic carbocycles. The van der Waals surface area contributed by atoms with Crippen molar-refractivity contribution in [3.63, 3.8) is 0 Å². The molecule has 0 aromatic carbocycles. The van der Waals surface area contributed by atoms with Crippen molar-refractivity contribution in [1.29, 1.82) is 0 Å². The predicted octanol–water partition coefficient (Wildman–Crippen LogP) is 1.95. The van der Waals surface area contributed by atoms with Crippen molar-refractivity contribution in [2.45, 2.75) is 40.2 Å². The molecular formula is C12H26N2. The van der Waals surface area contributed by atoms with Gasteiger partial charge in [0, 0.05) is 25.7 Å². The summed E-state index contributed by atoms with van der Waals surface area (Å²) in [5.41, 5.74) is 6.10. The summed E-state index contributed by atoms with van der Waals surface area (Å²) in [6.45, 7) is 12.7. The SMILES string of the molecule is CC1CC(C)CN(C[C@@H](N)C(C)C)C1. The topological polar surface area (TPSA) is 29.3 Å². The Kier molecular flexibility index (Phi) is 4.39. The molecule has 0 saturated carbocycles. The van der Waals surface area contributed by atoms with E-state index in [1.165, 1.54) is 19.5 Å². The Balaban J connectivity index is 2.36. The van der Waals surface area contributed by atoms with E-state index in [9.17, 15) is 0 Å². The zero-order chi connectivity index (χ0) is 10.7. The van der Waals surface area contributed by atoms with Crippen LogP contribution in [-0.4, -0.2) is 30.6 Å². The lowest BCUT2D eigenvalue weighted by atomic mass is 9.91. The summed E-state index contributed by atoms with van der Waals surface area (Å²) in [5, 5.41) is 0. The molecule has 0 spiro atoms. The average Bonchev–Trinajstić information content (AvgIpc) is 2.01. The van der Waals surface area contributed by atoms with Crippen LogP contribution < -0.4 is 5.73 Å². The lowest BCUT2D eigenvalue weighted by Gasteiger charge is -2.37. The second-order valence-corrected chi connectivity index (χ2v) is 5.57. The Bertz CT molecular complexity index is 158. The molecule has 14 heavy (non-hydrogen) atoms. The van der Waals surface area contributed by atoms with E-state index in [1.54, 1.807) is 0 Å². The number of piperidine rings is 1. The highest BCUT2D eigenvalue weighted by Crippen LogP contribution is 2.21. The summed E-state index contributed by atoms with van der Waals surface area (Å²) in [7, 11) is 0. The highest BCUT2D eigenvalue weighted by molar-refractivity contribution is 4.78. The standard InChI is InChI=1S/C12H26N2/c1-9(2)12(13)8-14-6-10(3)5-11(4)7-14/h9-12H,5-8,13H2,1-4H3/t10?,11?,12-/m1/s1. The van der Waals surface area contributed by atoms with E-state index in [1.807, 2.05) is 0 Å². The van der Waals surface area contributed by atoms with Crippen molar-refractivity contribution in [2.24, 2.45) is 23.5 Å². The zero-order valence-corrected chi connectivity index (χ0v) is 10.2. The second kappa shape index (κ2) is 5.13. The summed E-state index contributed by atoms with van der Waals surface area (Å²) in [6.07, 6.45) is 1.38. The summed E-state index contributed by atoms with van der Waals surface area (Å²) in [5.74, 6) is 2.29. The monoisotopic (exact) mass is 198 g/mol. The smallest absolute Gasteiger partial charge is 0.0191 e. The number of likely N-dealkylation sites (tertiary alicyclic amines) is 1. The highest BCUT2D eigenvalue weighted by Gasteiger charge is 2.23. The van der Waals surface area contributed by atoms with Gasteiger partial charge in [-0.05, 0) is 24.2 Å². The van der Waals surface area contributed by atoms with Gasteiger partial charge in [0.1, 0.15) is 0 Å². The van der Waals surface area contributed by atoms with Crippen molar-refractivity contribution in [3.05, 3.63) is 0 Å². The molecule has 0 amide bonds. The van der Waals surface area contributed by atoms with Crippen LogP contribution in [-0.2, 0) is 0 Å². The first-order valence-corrected chi connectivity index (χ1v) is 5.97. The Morgan fingerprint density at radius 1 is 1.21 bits per heavy atom. The van der Waals surface area contributed by atoms with Gasteiger partial charge in [-0.1, -0.05) is 27.7 Å². The molecule has 1 aliphatic heterocycles. The van der Waals surface area contributed by atoms with E-state index in [2.05, 4.69) is 32.6 Å². The van der Waals surface area contributed by atoms with Crippen LogP contribution in [0.4, 0.5) is 0 Å². The maximum atomic E-state index is 6.10. The van der Waals surface area contributed by atoms with Crippen LogP contribution in [0, 0.1) is 17.8 Å².